The zero-order valence-electron chi connectivity index (χ0n) is 8.06. The van der Waals surface area contributed by atoms with Gasteiger partial charge in [0, 0.05) is 11.8 Å². The lowest BCUT2D eigenvalue weighted by atomic mass is 9.58. The average Bonchev–Trinajstić information content (AvgIpc) is 2.00. The number of hydrogen-bond donors (Lipinski definition) is 0. The van der Waals surface area contributed by atoms with Gasteiger partial charge in [-0.25, -0.2) is 0 Å². The maximum Gasteiger partial charge on any atom is 0.139 e. The molecule has 2 saturated carbocycles. The molecule has 3 heteroatoms. The van der Waals surface area contributed by atoms with Crippen LogP contribution in [-0.4, -0.2) is 5.78 Å². The van der Waals surface area contributed by atoms with Gasteiger partial charge in [0.25, 0.3) is 0 Å². The minimum absolute atomic E-state index is 0.128. The molecule has 0 aliphatic heterocycles. The first-order valence-electron chi connectivity index (χ1n) is 5.18. The highest BCUT2D eigenvalue weighted by atomic mass is 79.9. The van der Waals surface area contributed by atoms with Crippen LogP contribution in [0.15, 0.2) is 9.47 Å². The highest BCUT2D eigenvalue weighted by Crippen LogP contribution is 2.50. The number of halogens is 2. The van der Waals surface area contributed by atoms with Crippen molar-refractivity contribution in [2.75, 3.05) is 0 Å². The monoisotopic (exact) mass is 320 g/mol. The van der Waals surface area contributed by atoms with E-state index in [-0.39, 0.29) is 5.41 Å². The Kier molecular flexibility index (Phi) is 3.18. The van der Waals surface area contributed by atoms with Crippen LogP contribution >= 0.6 is 31.9 Å². The van der Waals surface area contributed by atoms with Crippen LogP contribution in [0.5, 0.6) is 0 Å². The molecule has 14 heavy (non-hydrogen) atoms. The van der Waals surface area contributed by atoms with E-state index in [1.165, 1.54) is 12.8 Å². The fourth-order valence-corrected chi connectivity index (χ4v) is 3.36. The standard InChI is InChI=1S/C11H14Br2O/c12-10(13)7-8-2-5-11(3-1-4-11)9(14)6-8/h7-8H,1-6H2. The molecule has 0 aromatic heterocycles. The molecule has 0 heterocycles. The Labute approximate surface area is 102 Å². The molecule has 1 spiro atoms. The first-order chi connectivity index (χ1) is 6.62. The summed E-state index contributed by atoms with van der Waals surface area (Å²) in [6, 6.07) is 0. The second-order valence-corrected chi connectivity index (χ2v) is 7.29. The molecule has 2 rings (SSSR count). The largest absolute Gasteiger partial charge is 0.299 e. The van der Waals surface area contributed by atoms with Crippen molar-refractivity contribution in [3.05, 3.63) is 9.47 Å². The van der Waals surface area contributed by atoms with Crippen LogP contribution in [0, 0.1) is 11.3 Å². The van der Waals surface area contributed by atoms with E-state index in [0.717, 1.165) is 29.1 Å². The summed E-state index contributed by atoms with van der Waals surface area (Å²) in [7, 11) is 0. The third-order valence-electron chi connectivity index (χ3n) is 3.71. The van der Waals surface area contributed by atoms with Gasteiger partial charge in [0.1, 0.15) is 5.78 Å². The molecule has 0 N–H and O–H groups in total. The normalized spacial score (nSPS) is 29.9. The van der Waals surface area contributed by atoms with Gasteiger partial charge in [-0.15, -0.1) is 0 Å². The van der Waals surface area contributed by atoms with Crippen molar-refractivity contribution in [2.24, 2.45) is 11.3 Å². The molecular formula is C11H14Br2O. The van der Waals surface area contributed by atoms with Crippen LogP contribution < -0.4 is 0 Å². The average molecular weight is 322 g/mol. The van der Waals surface area contributed by atoms with Crippen LogP contribution in [-0.2, 0) is 4.79 Å². The molecule has 1 atom stereocenters. The summed E-state index contributed by atoms with van der Waals surface area (Å²) in [5, 5.41) is 0. The zero-order valence-corrected chi connectivity index (χ0v) is 11.2. The fraction of sp³-hybridized carbons (Fsp3) is 0.727. The van der Waals surface area contributed by atoms with E-state index >= 15 is 0 Å². The van der Waals surface area contributed by atoms with Crippen LogP contribution in [0.2, 0.25) is 0 Å². The van der Waals surface area contributed by atoms with Crippen LogP contribution in [0.1, 0.15) is 38.5 Å². The van der Waals surface area contributed by atoms with Gasteiger partial charge in [-0.3, -0.25) is 4.79 Å². The molecule has 1 unspecified atom stereocenters. The van der Waals surface area contributed by atoms with Crippen LogP contribution in [0.4, 0.5) is 0 Å². The lowest BCUT2D eigenvalue weighted by Gasteiger charge is -2.44. The molecule has 2 aliphatic carbocycles. The number of Topliss-reactive ketones (excluding diaryl/α,β-unsaturated/α-hetero) is 1. The minimum atomic E-state index is 0.128. The Morgan fingerprint density at radius 2 is 2.07 bits per heavy atom. The Balaban J connectivity index is 2.00. The lowest BCUT2D eigenvalue weighted by molar-refractivity contribution is -0.137. The summed E-state index contributed by atoms with van der Waals surface area (Å²) >= 11 is 6.71. The van der Waals surface area contributed by atoms with E-state index in [9.17, 15) is 4.79 Å². The lowest BCUT2D eigenvalue weighted by Crippen LogP contribution is -2.42. The molecule has 1 nitrogen and oxygen atoms in total. The van der Waals surface area contributed by atoms with Crippen molar-refractivity contribution in [1.82, 2.24) is 0 Å². The van der Waals surface area contributed by atoms with Gasteiger partial charge in [-0.1, -0.05) is 12.5 Å². The molecule has 78 valence electrons. The molecule has 2 aliphatic rings. The number of allylic oxidation sites excluding steroid dienone is 1. The van der Waals surface area contributed by atoms with Gasteiger partial charge in [0.15, 0.2) is 0 Å². The number of rotatable bonds is 1. The van der Waals surface area contributed by atoms with Crippen molar-refractivity contribution < 1.29 is 4.79 Å². The van der Waals surface area contributed by atoms with E-state index in [0.29, 0.717) is 11.7 Å². The first-order valence-corrected chi connectivity index (χ1v) is 6.77. The zero-order chi connectivity index (χ0) is 10.2. The third kappa shape index (κ3) is 1.99. The molecule has 0 amide bonds. The third-order valence-corrected chi connectivity index (χ3v) is 4.23. The van der Waals surface area contributed by atoms with Crippen LogP contribution in [0.3, 0.4) is 0 Å². The van der Waals surface area contributed by atoms with Gasteiger partial charge in [0.2, 0.25) is 0 Å². The minimum Gasteiger partial charge on any atom is -0.299 e. The van der Waals surface area contributed by atoms with Crippen LogP contribution in [0.25, 0.3) is 0 Å². The second-order valence-electron chi connectivity index (χ2n) is 4.52. The number of carbonyl (C=O) groups is 1. The molecule has 0 aromatic rings. The van der Waals surface area contributed by atoms with E-state index < -0.39 is 0 Å². The SMILES string of the molecule is O=C1CC(C=C(Br)Br)CCC12CCC2. The van der Waals surface area contributed by atoms with Crippen molar-refractivity contribution in [3.63, 3.8) is 0 Å². The number of carbonyl (C=O) groups excluding carboxylic acids is 1. The van der Waals surface area contributed by atoms with Gasteiger partial charge in [-0.2, -0.15) is 0 Å². The van der Waals surface area contributed by atoms with E-state index in [2.05, 4.69) is 37.9 Å². The fourth-order valence-electron chi connectivity index (χ4n) is 2.61. The van der Waals surface area contributed by atoms with Crippen molar-refractivity contribution in [3.8, 4) is 0 Å². The van der Waals surface area contributed by atoms with Gasteiger partial charge < -0.3 is 0 Å². The quantitative estimate of drug-likeness (QED) is 0.709. The Bertz CT molecular complexity index is 275. The Morgan fingerprint density at radius 3 is 2.50 bits per heavy atom. The predicted molar refractivity (Wildman–Crippen MR) is 64.6 cm³/mol. The number of ketones is 1. The van der Waals surface area contributed by atoms with Gasteiger partial charge in [-0.05, 0) is 63.5 Å². The topological polar surface area (TPSA) is 17.1 Å². The molecule has 0 saturated heterocycles. The number of hydrogen-bond acceptors (Lipinski definition) is 1. The molecule has 0 radical (unpaired) electrons. The molecule has 0 aromatic carbocycles. The van der Waals surface area contributed by atoms with E-state index in [4.69, 9.17) is 0 Å². The summed E-state index contributed by atoms with van der Waals surface area (Å²) in [6.07, 6.45) is 8.71. The van der Waals surface area contributed by atoms with E-state index in [1.807, 2.05) is 0 Å². The molecule has 2 fully saturated rings. The second kappa shape index (κ2) is 4.09. The summed E-state index contributed by atoms with van der Waals surface area (Å²) in [5.74, 6) is 0.958. The van der Waals surface area contributed by atoms with Gasteiger partial charge in [0.05, 0.1) is 3.39 Å². The molecule has 0 bridgehead atoms. The van der Waals surface area contributed by atoms with E-state index in [1.54, 1.807) is 0 Å². The highest BCUT2D eigenvalue weighted by molar-refractivity contribution is 9.28. The summed E-state index contributed by atoms with van der Waals surface area (Å²) in [4.78, 5) is 11.9. The Hall–Kier alpha value is 0.370. The maximum absolute atomic E-state index is 11.9. The predicted octanol–water partition coefficient (Wildman–Crippen LogP) is 4.16. The maximum atomic E-state index is 11.9. The summed E-state index contributed by atoms with van der Waals surface area (Å²) in [6.45, 7) is 0. The molecular weight excluding hydrogens is 308 g/mol. The first kappa shape index (κ1) is 10.9. The smallest absolute Gasteiger partial charge is 0.139 e. The summed E-state index contributed by atoms with van der Waals surface area (Å²) in [5.41, 5.74) is 0.128. The van der Waals surface area contributed by atoms with Crippen molar-refractivity contribution in [2.45, 2.75) is 38.5 Å². The Morgan fingerprint density at radius 1 is 1.36 bits per heavy atom. The summed E-state index contributed by atoms with van der Waals surface area (Å²) < 4.78 is 0.979. The highest BCUT2D eigenvalue weighted by Gasteiger charge is 2.46. The van der Waals surface area contributed by atoms with Gasteiger partial charge >= 0.3 is 0 Å². The van der Waals surface area contributed by atoms with Crippen molar-refractivity contribution >= 4 is 37.6 Å². The van der Waals surface area contributed by atoms with Crippen molar-refractivity contribution in [1.29, 1.82) is 0 Å².